The summed E-state index contributed by atoms with van der Waals surface area (Å²) in [6, 6.07) is 6.37. The van der Waals surface area contributed by atoms with E-state index in [9.17, 15) is 0 Å². The van der Waals surface area contributed by atoms with E-state index in [1.165, 1.54) is 18.4 Å². The molecule has 4 heteroatoms. The van der Waals surface area contributed by atoms with Crippen LogP contribution in [0.4, 0.5) is 0 Å². The fraction of sp³-hybridized carbons (Fsp3) is 0.529. The second kappa shape index (κ2) is 4.85. The van der Waals surface area contributed by atoms with Gasteiger partial charge in [-0.05, 0) is 49.3 Å². The molecular formula is C17H18N2O2. The summed E-state index contributed by atoms with van der Waals surface area (Å²) < 4.78 is 11.9. The van der Waals surface area contributed by atoms with Gasteiger partial charge in [0.15, 0.2) is 0 Å². The number of benzene rings is 1. The third kappa shape index (κ3) is 2.32. The Morgan fingerprint density at radius 2 is 2.24 bits per heavy atom. The standard InChI is InChI=1S/C17H18N2O2/c18-11-19-15-9-17(6-1-7-20-10-17)21-16-5-4-13(8-14(15)16)12-2-3-12/h4-5,8,12H,1-3,6-7,9-10H2. The van der Waals surface area contributed by atoms with Crippen molar-refractivity contribution in [2.24, 2.45) is 4.99 Å². The van der Waals surface area contributed by atoms with Crippen molar-refractivity contribution in [2.75, 3.05) is 13.2 Å². The number of nitrogens with zero attached hydrogens (tertiary/aromatic N) is 2. The zero-order valence-corrected chi connectivity index (χ0v) is 12.0. The molecule has 1 saturated heterocycles. The van der Waals surface area contributed by atoms with E-state index in [0.29, 0.717) is 18.9 Å². The van der Waals surface area contributed by atoms with Crippen LogP contribution in [-0.2, 0) is 4.74 Å². The lowest BCUT2D eigenvalue weighted by Gasteiger charge is -2.41. The van der Waals surface area contributed by atoms with Gasteiger partial charge in [-0.15, -0.1) is 0 Å². The summed E-state index contributed by atoms with van der Waals surface area (Å²) >= 11 is 0. The predicted octanol–water partition coefficient (Wildman–Crippen LogP) is 3.17. The molecule has 2 fully saturated rings. The Morgan fingerprint density at radius 3 is 2.95 bits per heavy atom. The SMILES string of the molecule is N#CN=C1CC2(CCCOC2)Oc2ccc(C3CC3)cc21. The van der Waals surface area contributed by atoms with Crippen molar-refractivity contribution < 1.29 is 9.47 Å². The first-order valence-corrected chi connectivity index (χ1v) is 7.66. The summed E-state index contributed by atoms with van der Waals surface area (Å²) in [5, 5.41) is 9.01. The second-order valence-corrected chi connectivity index (χ2v) is 6.31. The average Bonchev–Trinajstić information content (AvgIpc) is 3.33. The Kier molecular flexibility index (Phi) is 2.97. The van der Waals surface area contributed by atoms with Crippen LogP contribution in [0, 0.1) is 11.5 Å². The molecule has 0 radical (unpaired) electrons. The van der Waals surface area contributed by atoms with Crippen LogP contribution in [-0.4, -0.2) is 24.5 Å². The van der Waals surface area contributed by atoms with Gasteiger partial charge >= 0.3 is 0 Å². The van der Waals surface area contributed by atoms with Gasteiger partial charge in [-0.1, -0.05) is 6.07 Å². The molecule has 1 spiro atoms. The van der Waals surface area contributed by atoms with Crippen LogP contribution in [0.5, 0.6) is 5.75 Å². The summed E-state index contributed by atoms with van der Waals surface area (Å²) in [6.45, 7) is 1.38. The highest BCUT2D eigenvalue weighted by molar-refractivity contribution is 6.05. The molecule has 4 rings (SSSR count). The van der Waals surface area contributed by atoms with E-state index in [0.717, 1.165) is 36.5 Å². The molecule has 108 valence electrons. The van der Waals surface area contributed by atoms with E-state index in [1.807, 2.05) is 12.3 Å². The van der Waals surface area contributed by atoms with E-state index < -0.39 is 0 Å². The quantitative estimate of drug-likeness (QED) is 0.743. The molecule has 0 amide bonds. The molecule has 0 aromatic heterocycles. The maximum absolute atomic E-state index is 9.01. The van der Waals surface area contributed by atoms with Gasteiger partial charge in [-0.2, -0.15) is 10.3 Å². The molecule has 1 atom stereocenters. The van der Waals surface area contributed by atoms with Crippen molar-refractivity contribution in [3.63, 3.8) is 0 Å². The second-order valence-electron chi connectivity index (χ2n) is 6.31. The van der Waals surface area contributed by atoms with Crippen molar-refractivity contribution in [3.05, 3.63) is 29.3 Å². The average molecular weight is 282 g/mol. The van der Waals surface area contributed by atoms with Gasteiger partial charge in [-0.25, -0.2) is 0 Å². The Balaban J connectivity index is 1.75. The van der Waals surface area contributed by atoms with Crippen LogP contribution in [0.2, 0.25) is 0 Å². The highest BCUT2D eigenvalue weighted by atomic mass is 16.5. The van der Waals surface area contributed by atoms with E-state index in [4.69, 9.17) is 14.7 Å². The van der Waals surface area contributed by atoms with Crippen molar-refractivity contribution in [1.82, 2.24) is 0 Å². The summed E-state index contributed by atoms with van der Waals surface area (Å²) in [5.74, 6) is 1.54. The van der Waals surface area contributed by atoms with Crippen LogP contribution in [0.25, 0.3) is 0 Å². The third-order valence-electron chi connectivity index (χ3n) is 4.65. The monoisotopic (exact) mass is 282 g/mol. The summed E-state index contributed by atoms with van der Waals surface area (Å²) in [6.07, 6.45) is 7.11. The maximum atomic E-state index is 9.01. The lowest BCUT2D eigenvalue weighted by molar-refractivity contribution is -0.0661. The zero-order chi connectivity index (χ0) is 14.3. The van der Waals surface area contributed by atoms with E-state index in [2.05, 4.69) is 17.1 Å². The minimum atomic E-state index is -0.331. The fourth-order valence-electron chi connectivity index (χ4n) is 3.41. The van der Waals surface area contributed by atoms with Gasteiger partial charge in [0.05, 0.1) is 12.3 Å². The van der Waals surface area contributed by atoms with Gasteiger partial charge in [0.25, 0.3) is 0 Å². The number of hydrogen-bond acceptors (Lipinski definition) is 4. The fourth-order valence-corrected chi connectivity index (χ4v) is 3.41. The minimum Gasteiger partial charge on any atom is -0.484 e. The first-order chi connectivity index (χ1) is 10.3. The molecule has 2 aliphatic heterocycles. The molecule has 2 heterocycles. The van der Waals surface area contributed by atoms with Gasteiger partial charge in [-0.3, -0.25) is 0 Å². The number of rotatable bonds is 1. The molecule has 3 aliphatic rings. The van der Waals surface area contributed by atoms with Crippen molar-refractivity contribution in [3.8, 4) is 11.9 Å². The smallest absolute Gasteiger partial charge is 0.205 e. The Morgan fingerprint density at radius 1 is 1.33 bits per heavy atom. The van der Waals surface area contributed by atoms with E-state index in [-0.39, 0.29) is 5.60 Å². The Hall–Kier alpha value is -1.86. The van der Waals surface area contributed by atoms with Gasteiger partial charge in [0, 0.05) is 18.6 Å². The van der Waals surface area contributed by atoms with Crippen molar-refractivity contribution in [1.29, 1.82) is 5.26 Å². The molecule has 1 saturated carbocycles. The Labute approximate surface area is 124 Å². The third-order valence-corrected chi connectivity index (χ3v) is 4.65. The number of hydrogen-bond donors (Lipinski definition) is 0. The number of fused-ring (bicyclic) bond motifs is 1. The van der Waals surface area contributed by atoms with Crippen LogP contribution in [0.3, 0.4) is 0 Å². The van der Waals surface area contributed by atoms with Gasteiger partial charge in [0.1, 0.15) is 11.4 Å². The zero-order valence-electron chi connectivity index (χ0n) is 12.0. The minimum absolute atomic E-state index is 0.331. The first kappa shape index (κ1) is 12.8. The number of ether oxygens (including phenoxy) is 2. The molecule has 4 nitrogen and oxygen atoms in total. The maximum Gasteiger partial charge on any atom is 0.205 e. The molecule has 1 unspecified atom stereocenters. The molecule has 1 aromatic carbocycles. The normalized spacial score (nSPS) is 29.8. The topological polar surface area (TPSA) is 54.6 Å². The Bertz CT molecular complexity index is 635. The van der Waals surface area contributed by atoms with E-state index in [1.54, 1.807) is 0 Å². The van der Waals surface area contributed by atoms with Crippen molar-refractivity contribution >= 4 is 5.71 Å². The lowest BCUT2D eigenvalue weighted by atomic mass is 9.84. The molecular weight excluding hydrogens is 264 g/mol. The lowest BCUT2D eigenvalue weighted by Crippen LogP contribution is -2.48. The molecule has 1 aliphatic carbocycles. The largest absolute Gasteiger partial charge is 0.484 e. The van der Waals surface area contributed by atoms with Gasteiger partial charge in [0.2, 0.25) is 6.19 Å². The first-order valence-electron chi connectivity index (χ1n) is 7.66. The highest BCUT2D eigenvalue weighted by Crippen LogP contribution is 2.44. The van der Waals surface area contributed by atoms with Crippen LogP contribution in [0.1, 0.15) is 49.1 Å². The summed E-state index contributed by atoms with van der Waals surface area (Å²) in [7, 11) is 0. The molecule has 0 bridgehead atoms. The predicted molar refractivity (Wildman–Crippen MR) is 78.6 cm³/mol. The summed E-state index contributed by atoms with van der Waals surface area (Å²) in [4.78, 5) is 4.08. The van der Waals surface area contributed by atoms with Crippen molar-refractivity contribution in [2.45, 2.75) is 43.6 Å². The molecule has 0 N–H and O–H groups in total. The number of nitriles is 1. The molecule has 1 aromatic rings. The molecule has 21 heavy (non-hydrogen) atoms. The highest BCUT2D eigenvalue weighted by Gasteiger charge is 2.41. The van der Waals surface area contributed by atoms with Crippen LogP contribution in [0.15, 0.2) is 23.2 Å². The van der Waals surface area contributed by atoms with Crippen LogP contribution < -0.4 is 4.74 Å². The van der Waals surface area contributed by atoms with E-state index >= 15 is 0 Å². The van der Waals surface area contributed by atoms with Gasteiger partial charge < -0.3 is 9.47 Å². The summed E-state index contributed by atoms with van der Waals surface area (Å²) in [5.41, 5.74) is 2.87. The number of aliphatic imine (C=N–C) groups is 1. The van der Waals surface area contributed by atoms with Crippen LogP contribution >= 0.6 is 0 Å².